The summed E-state index contributed by atoms with van der Waals surface area (Å²) in [6, 6.07) is 7.65. The van der Waals surface area contributed by atoms with Crippen molar-refractivity contribution in [1.82, 2.24) is 0 Å². The molecule has 0 aliphatic heterocycles. The van der Waals surface area contributed by atoms with Crippen LogP contribution in [0.1, 0.15) is 5.56 Å². The third-order valence-corrected chi connectivity index (χ3v) is 1.90. The van der Waals surface area contributed by atoms with Gasteiger partial charge in [0.05, 0.1) is 20.3 Å². The van der Waals surface area contributed by atoms with Crippen LogP contribution >= 0.6 is 0 Å². The van der Waals surface area contributed by atoms with Gasteiger partial charge in [-0.25, -0.2) is 4.39 Å². The quantitative estimate of drug-likeness (QED) is 0.531. The Morgan fingerprint density at radius 3 is 2.53 bits per heavy atom. The van der Waals surface area contributed by atoms with E-state index in [1.54, 1.807) is 13.2 Å². The molecule has 0 aliphatic carbocycles. The van der Waals surface area contributed by atoms with Crippen LogP contribution in [0.3, 0.4) is 0 Å². The van der Waals surface area contributed by atoms with Gasteiger partial charge in [-0.05, 0) is 17.7 Å². The molecule has 0 bridgehead atoms. The Balaban J connectivity index is 2.28. The van der Waals surface area contributed by atoms with Crippen molar-refractivity contribution in [2.24, 2.45) is 0 Å². The summed E-state index contributed by atoms with van der Waals surface area (Å²) in [4.78, 5) is 0. The van der Waals surface area contributed by atoms with E-state index >= 15 is 0 Å². The molecule has 0 radical (unpaired) electrons. The molecule has 0 spiro atoms. The van der Waals surface area contributed by atoms with Gasteiger partial charge in [-0.3, -0.25) is 0 Å². The molecule has 0 amide bonds. The van der Waals surface area contributed by atoms with Crippen molar-refractivity contribution < 1.29 is 13.9 Å². The van der Waals surface area contributed by atoms with Crippen LogP contribution in [-0.4, -0.2) is 20.4 Å². The topological polar surface area (TPSA) is 18.5 Å². The molecule has 15 heavy (non-hydrogen) atoms. The van der Waals surface area contributed by atoms with Crippen molar-refractivity contribution in [3.8, 4) is 5.75 Å². The minimum atomic E-state index is -0.439. The molecule has 0 aliphatic rings. The van der Waals surface area contributed by atoms with E-state index in [1.807, 2.05) is 24.3 Å². The van der Waals surface area contributed by atoms with Gasteiger partial charge in [-0.2, -0.15) is 0 Å². The van der Waals surface area contributed by atoms with Gasteiger partial charge in [0.25, 0.3) is 0 Å². The third kappa shape index (κ3) is 4.61. The summed E-state index contributed by atoms with van der Waals surface area (Å²) in [7, 11) is 1.63. The highest BCUT2D eigenvalue weighted by molar-refractivity contribution is 5.26. The van der Waals surface area contributed by atoms with Gasteiger partial charge in [-0.1, -0.05) is 24.3 Å². The summed E-state index contributed by atoms with van der Waals surface area (Å²) >= 11 is 0. The molecule has 0 saturated heterocycles. The Hall–Kier alpha value is -1.35. The van der Waals surface area contributed by atoms with E-state index in [9.17, 15) is 4.39 Å². The summed E-state index contributed by atoms with van der Waals surface area (Å²) in [5.74, 6) is 0.830. The van der Waals surface area contributed by atoms with E-state index in [-0.39, 0.29) is 0 Å². The number of alkyl halides is 1. The molecule has 0 N–H and O–H groups in total. The Morgan fingerprint density at radius 2 is 1.93 bits per heavy atom. The second-order valence-electron chi connectivity index (χ2n) is 2.99. The van der Waals surface area contributed by atoms with Gasteiger partial charge in [0.2, 0.25) is 0 Å². The summed E-state index contributed by atoms with van der Waals surface area (Å²) in [5.41, 5.74) is 1.07. The summed E-state index contributed by atoms with van der Waals surface area (Å²) < 4.78 is 22.0. The maximum Gasteiger partial charge on any atom is 0.118 e. The molecule has 0 saturated carbocycles. The number of hydrogen-bond donors (Lipinski definition) is 0. The molecular weight excluding hydrogens is 195 g/mol. The van der Waals surface area contributed by atoms with Gasteiger partial charge in [0, 0.05) is 0 Å². The molecular formula is C12H15FO2. The Kier molecular flexibility index (Phi) is 5.48. The first-order valence-corrected chi connectivity index (χ1v) is 4.78. The van der Waals surface area contributed by atoms with Crippen molar-refractivity contribution in [1.29, 1.82) is 0 Å². The zero-order valence-electron chi connectivity index (χ0n) is 8.78. The van der Waals surface area contributed by atoms with Crippen LogP contribution in [0.15, 0.2) is 36.4 Å². The first kappa shape index (κ1) is 11.7. The average molecular weight is 210 g/mol. The fraction of sp³-hybridized carbons (Fsp3) is 0.333. The van der Waals surface area contributed by atoms with Crippen LogP contribution < -0.4 is 4.74 Å². The Morgan fingerprint density at radius 1 is 1.20 bits per heavy atom. The first-order valence-electron chi connectivity index (χ1n) is 4.78. The molecule has 1 aromatic carbocycles. The van der Waals surface area contributed by atoms with E-state index in [0.717, 1.165) is 11.3 Å². The maximum absolute atomic E-state index is 11.7. The number of hydrogen-bond acceptors (Lipinski definition) is 2. The van der Waals surface area contributed by atoms with Gasteiger partial charge < -0.3 is 9.47 Å². The highest BCUT2D eigenvalue weighted by Gasteiger charge is 1.93. The molecule has 1 rings (SSSR count). The standard InChI is InChI=1S/C12H15FO2/c1-14-12-6-4-11(5-7-12)10-15-9-3-2-8-13/h2-7H,8-10H2,1H3/b3-2-. The highest BCUT2D eigenvalue weighted by atomic mass is 19.1. The molecule has 0 fully saturated rings. The van der Waals surface area contributed by atoms with Crippen molar-refractivity contribution >= 4 is 0 Å². The van der Waals surface area contributed by atoms with Crippen molar-refractivity contribution in [3.05, 3.63) is 42.0 Å². The Labute approximate surface area is 89.3 Å². The first-order chi connectivity index (χ1) is 7.36. The number of rotatable bonds is 6. The van der Waals surface area contributed by atoms with Crippen molar-refractivity contribution in [2.45, 2.75) is 6.61 Å². The Bertz CT molecular complexity index is 293. The lowest BCUT2D eigenvalue weighted by Gasteiger charge is -2.03. The molecule has 2 nitrogen and oxygen atoms in total. The van der Waals surface area contributed by atoms with Crippen LogP contribution in [0, 0.1) is 0 Å². The monoisotopic (exact) mass is 210 g/mol. The molecule has 82 valence electrons. The highest BCUT2D eigenvalue weighted by Crippen LogP contribution is 2.11. The molecule has 0 unspecified atom stereocenters. The van der Waals surface area contributed by atoms with Crippen LogP contribution in [0.25, 0.3) is 0 Å². The van der Waals surface area contributed by atoms with E-state index in [2.05, 4.69) is 0 Å². The lowest BCUT2D eigenvalue weighted by Crippen LogP contribution is -1.93. The number of methoxy groups -OCH3 is 1. The minimum absolute atomic E-state index is 0.439. The molecule has 0 atom stereocenters. The van der Waals surface area contributed by atoms with Crippen LogP contribution in [-0.2, 0) is 11.3 Å². The lowest BCUT2D eigenvalue weighted by molar-refractivity contribution is 0.148. The predicted octanol–water partition coefficient (Wildman–Crippen LogP) is 2.74. The van der Waals surface area contributed by atoms with Crippen molar-refractivity contribution in [3.63, 3.8) is 0 Å². The van der Waals surface area contributed by atoms with E-state index in [0.29, 0.717) is 13.2 Å². The zero-order valence-corrected chi connectivity index (χ0v) is 8.78. The summed E-state index contributed by atoms with van der Waals surface area (Å²) in [5, 5.41) is 0. The van der Waals surface area contributed by atoms with Crippen LogP contribution in [0.4, 0.5) is 4.39 Å². The molecule has 0 heterocycles. The second-order valence-corrected chi connectivity index (χ2v) is 2.99. The minimum Gasteiger partial charge on any atom is -0.497 e. The number of halogens is 1. The van der Waals surface area contributed by atoms with Crippen LogP contribution in [0.5, 0.6) is 5.75 Å². The second kappa shape index (κ2) is 7.01. The smallest absolute Gasteiger partial charge is 0.118 e. The number of ether oxygens (including phenoxy) is 2. The maximum atomic E-state index is 11.7. The average Bonchev–Trinajstić information content (AvgIpc) is 2.30. The SMILES string of the molecule is COc1ccc(COC/C=C\CF)cc1. The van der Waals surface area contributed by atoms with Gasteiger partial charge >= 0.3 is 0 Å². The third-order valence-electron chi connectivity index (χ3n) is 1.90. The lowest BCUT2D eigenvalue weighted by atomic mass is 10.2. The van der Waals surface area contributed by atoms with Gasteiger partial charge in [0.1, 0.15) is 12.4 Å². The van der Waals surface area contributed by atoms with Gasteiger partial charge in [-0.15, -0.1) is 0 Å². The van der Waals surface area contributed by atoms with Crippen molar-refractivity contribution in [2.75, 3.05) is 20.4 Å². The molecule has 1 aromatic rings. The van der Waals surface area contributed by atoms with E-state index in [4.69, 9.17) is 9.47 Å². The fourth-order valence-electron chi connectivity index (χ4n) is 1.10. The van der Waals surface area contributed by atoms with E-state index in [1.165, 1.54) is 6.08 Å². The number of benzene rings is 1. The van der Waals surface area contributed by atoms with E-state index < -0.39 is 6.67 Å². The fourth-order valence-corrected chi connectivity index (χ4v) is 1.10. The van der Waals surface area contributed by atoms with Crippen LogP contribution in [0.2, 0.25) is 0 Å². The molecule has 3 heteroatoms. The largest absolute Gasteiger partial charge is 0.497 e. The predicted molar refractivity (Wildman–Crippen MR) is 57.8 cm³/mol. The summed E-state index contributed by atoms with van der Waals surface area (Å²) in [6.45, 7) is 0.530. The number of allylic oxidation sites excluding steroid dienone is 1. The van der Waals surface area contributed by atoms with Gasteiger partial charge in [0.15, 0.2) is 0 Å². The molecule has 0 aromatic heterocycles. The zero-order chi connectivity index (χ0) is 10.9. The summed E-state index contributed by atoms with van der Waals surface area (Å²) in [6.07, 6.45) is 3.11. The normalized spacial score (nSPS) is 10.8.